The first-order chi connectivity index (χ1) is 16.0. The number of ether oxygens (including phenoxy) is 1. The highest BCUT2D eigenvalue weighted by molar-refractivity contribution is 5.64. The lowest BCUT2D eigenvalue weighted by molar-refractivity contribution is 0.198. The van der Waals surface area contributed by atoms with Gasteiger partial charge in [0.05, 0.1) is 7.11 Å². The van der Waals surface area contributed by atoms with Gasteiger partial charge in [-0.15, -0.1) is 0 Å². The van der Waals surface area contributed by atoms with Crippen LogP contribution in [0.3, 0.4) is 0 Å². The van der Waals surface area contributed by atoms with Gasteiger partial charge in [0, 0.05) is 68.1 Å². The molecule has 3 aromatic heterocycles. The van der Waals surface area contributed by atoms with E-state index >= 15 is 0 Å². The van der Waals surface area contributed by atoms with Crippen LogP contribution < -0.4 is 9.64 Å². The molecule has 1 aromatic carbocycles. The Balaban J connectivity index is 1.34. The van der Waals surface area contributed by atoms with Crippen molar-refractivity contribution >= 4 is 11.5 Å². The predicted molar refractivity (Wildman–Crippen MR) is 131 cm³/mol. The van der Waals surface area contributed by atoms with Gasteiger partial charge >= 0.3 is 0 Å². The van der Waals surface area contributed by atoms with E-state index in [0.717, 1.165) is 66.0 Å². The van der Waals surface area contributed by atoms with Gasteiger partial charge in [0.25, 0.3) is 0 Å². The van der Waals surface area contributed by atoms with Crippen molar-refractivity contribution < 1.29 is 4.74 Å². The van der Waals surface area contributed by atoms with Crippen LogP contribution in [0.2, 0.25) is 0 Å². The molecule has 1 aliphatic heterocycles. The van der Waals surface area contributed by atoms with Crippen molar-refractivity contribution in [2.24, 2.45) is 0 Å². The van der Waals surface area contributed by atoms with Crippen LogP contribution in [0.1, 0.15) is 29.8 Å². The standard InChI is InChI=1S/C26H30N6O/c1-18-14-24-27-8-9-32(24)17-23(18)26-28-19(2)15-25(29-26)31-12-10-30(11-13-31)20(3)21-6-5-7-22(16-21)33-4/h5-9,14-17,20H,10-13H2,1-4H3. The second-order valence-corrected chi connectivity index (χ2v) is 8.73. The molecular weight excluding hydrogens is 412 g/mol. The van der Waals surface area contributed by atoms with E-state index in [0.29, 0.717) is 6.04 Å². The molecule has 1 saturated heterocycles. The van der Waals surface area contributed by atoms with E-state index in [1.165, 1.54) is 5.56 Å². The van der Waals surface area contributed by atoms with Crippen molar-refractivity contribution in [1.82, 2.24) is 24.3 Å². The Morgan fingerprint density at radius 2 is 1.82 bits per heavy atom. The third-order valence-electron chi connectivity index (χ3n) is 6.58. The highest BCUT2D eigenvalue weighted by Crippen LogP contribution is 2.28. The van der Waals surface area contributed by atoms with Crippen LogP contribution in [0.25, 0.3) is 17.0 Å². The highest BCUT2D eigenvalue weighted by Gasteiger charge is 2.24. The Morgan fingerprint density at radius 3 is 2.61 bits per heavy atom. The van der Waals surface area contributed by atoms with E-state index in [-0.39, 0.29) is 0 Å². The van der Waals surface area contributed by atoms with Crippen LogP contribution in [-0.2, 0) is 0 Å². The summed E-state index contributed by atoms with van der Waals surface area (Å²) >= 11 is 0. The van der Waals surface area contributed by atoms with Crippen molar-refractivity contribution in [1.29, 1.82) is 0 Å². The number of aryl methyl sites for hydroxylation is 2. The molecule has 0 bridgehead atoms. The number of rotatable bonds is 5. The number of benzene rings is 1. The molecule has 7 nitrogen and oxygen atoms in total. The smallest absolute Gasteiger partial charge is 0.163 e. The van der Waals surface area contributed by atoms with E-state index in [4.69, 9.17) is 14.7 Å². The lowest BCUT2D eigenvalue weighted by Crippen LogP contribution is -2.47. The van der Waals surface area contributed by atoms with Crippen molar-refractivity contribution in [3.63, 3.8) is 0 Å². The molecule has 0 saturated carbocycles. The van der Waals surface area contributed by atoms with Crippen molar-refractivity contribution in [2.75, 3.05) is 38.2 Å². The summed E-state index contributed by atoms with van der Waals surface area (Å²) in [6.45, 7) is 10.2. The molecule has 0 spiro atoms. The molecule has 0 amide bonds. The normalized spacial score (nSPS) is 15.7. The molecule has 33 heavy (non-hydrogen) atoms. The SMILES string of the molecule is COc1cccc(C(C)N2CCN(c3cc(C)nc(-c4cn5ccnc5cc4C)n3)CC2)c1. The fourth-order valence-electron chi connectivity index (χ4n) is 4.58. The number of piperazine rings is 1. The first-order valence-electron chi connectivity index (χ1n) is 11.4. The zero-order chi connectivity index (χ0) is 22.9. The van der Waals surface area contributed by atoms with E-state index in [1.54, 1.807) is 7.11 Å². The number of hydrogen-bond acceptors (Lipinski definition) is 6. The predicted octanol–water partition coefficient (Wildman–Crippen LogP) is 4.30. The van der Waals surface area contributed by atoms with Crippen LogP contribution in [0.4, 0.5) is 5.82 Å². The van der Waals surface area contributed by atoms with E-state index in [1.807, 2.05) is 29.8 Å². The maximum Gasteiger partial charge on any atom is 0.163 e. The summed E-state index contributed by atoms with van der Waals surface area (Å²) in [5, 5.41) is 0. The molecule has 1 unspecified atom stereocenters. The van der Waals surface area contributed by atoms with Crippen LogP contribution in [0.15, 0.2) is 55.0 Å². The second kappa shape index (κ2) is 8.83. The summed E-state index contributed by atoms with van der Waals surface area (Å²) in [7, 11) is 1.72. The van der Waals surface area contributed by atoms with Gasteiger partial charge < -0.3 is 14.0 Å². The number of hydrogen-bond donors (Lipinski definition) is 0. The van der Waals surface area contributed by atoms with Gasteiger partial charge in [-0.1, -0.05) is 12.1 Å². The Morgan fingerprint density at radius 1 is 1.00 bits per heavy atom. The van der Waals surface area contributed by atoms with Crippen LogP contribution in [0.5, 0.6) is 5.75 Å². The van der Waals surface area contributed by atoms with E-state index in [2.05, 4.69) is 65.2 Å². The summed E-state index contributed by atoms with van der Waals surface area (Å²) in [6.07, 6.45) is 5.84. The maximum absolute atomic E-state index is 5.41. The molecule has 170 valence electrons. The zero-order valence-electron chi connectivity index (χ0n) is 19.7. The molecular formula is C26H30N6O. The summed E-state index contributed by atoms with van der Waals surface area (Å²) < 4.78 is 7.43. The van der Waals surface area contributed by atoms with Crippen molar-refractivity contribution in [3.8, 4) is 17.1 Å². The van der Waals surface area contributed by atoms with Crippen molar-refractivity contribution in [2.45, 2.75) is 26.8 Å². The lowest BCUT2D eigenvalue weighted by Gasteiger charge is -2.39. The van der Waals surface area contributed by atoms with Crippen LogP contribution in [0, 0.1) is 13.8 Å². The van der Waals surface area contributed by atoms with E-state index in [9.17, 15) is 0 Å². The number of fused-ring (bicyclic) bond motifs is 1. The minimum atomic E-state index is 0.342. The zero-order valence-corrected chi connectivity index (χ0v) is 19.7. The average Bonchev–Trinajstić information content (AvgIpc) is 3.30. The first kappa shape index (κ1) is 21.4. The number of aromatic nitrogens is 4. The van der Waals surface area contributed by atoms with Crippen LogP contribution >= 0.6 is 0 Å². The number of methoxy groups -OCH3 is 1. The molecule has 1 fully saturated rings. The number of imidazole rings is 1. The molecule has 1 aliphatic rings. The molecule has 5 rings (SSSR count). The molecule has 0 N–H and O–H groups in total. The number of nitrogens with zero attached hydrogens (tertiary/aromatic N) is 6. The summed E-state index contributed by atoms with van der Waals surface area (Å²) in [5.74, 6) is 2.67. The second-order valence-electron chi connectivity index (χ2n) is 8.73. The third kappa shape index (κ3) is 4.28. The van der Waals surface area contributed by atoms with Crippen molar-refractivity contribution in [3.05, 3.63) is 71.8 Å². The topological polar surface area (TPSA) is 58.8 Å². The monoisotopic (exact) mass is 442 g/mol. The summed E-state index contributed by atoms with van der Waals surface area (Å²) in [5.41, 5.74) is 5.36. The Hall–Kier alpha value is -3.45. The third-order valence-corrected chi connectivity index (χ3v) is 6.58. The highest BCUT2D eigenvalue weighted by atomic mass is 16.5. The largest absolute Gasteiger partial charge is 0.497 e. The van der Waals surface area contributed by atoms with Gasteiger partial charge in [-0.2, -0.15) is 0 Å². The van der Waals surface area contributed by atoms with Gasteiger partial charge in [0.15, 0.2) is 5.82 Å². The van der Waals surface area contributed by atoms with Gasteiger partial charge in [-0.25, -0.2) is 15.0 Å². The Bertz CT molecular complexity index is 1280. The molecule has 7 heteroatoms. The van der Waals surface area contributed by atoms with E-state index < -0.39 is 0 Å². The molecule has 0 aliphatic carbocycles. The Labute approximate surface area is 194 Å². The van der Waals surface area contributed by atoms with Gasteiger partial charge in [0.1, 0.15) is 17.2 Å². The maximum atomic E-state index is 5.41. The van der Waals surface area contributed by atoms with Gasteiger partial charge in [-0.3, -0.25) is 4.90 Å². The summed E-state index contributed by atoms with van der Waals surface area (Å²) in [6, 6.07) is 12.9. The molecule has 0 radical (unpaired) electrons. The minimum absolute atomic E-state index is 0.342. The average molecular weight is 443 g/mol. The molecule has 4 heterocycles. The van der Waals surface area contributed by atoms with Gasteiger partial charge in [0.2, 0.25) is 0 Å². The number of anilines is 1. The fourth-order valence-corrected chi connectivity index (χ4v) is 4.58. The minimum Gasteiger partial charge on any atom is -0.497 e. The quantitative estimate of drug-likeness (QED) is 0.459. The number of pyridine rings is 1. The molecule has 1 atom stereocenters. The summed E-state index contributed by atoms with van der Waals surface area (Å²) in [4.78, 5) is 19.0. The first-order valence-corrected chi connectivity index (χ1v) is 11.4. The van der Waals surface area contributed by atoms with Crippen LogP contribution in [-0.4, -0.2) is 57.5 Å². The Kier molecular flexibility index (Phi) is 5.72. The van der Waals surface area contributed by atoms with Gasteiger partial charge in [-0.05, 0) is 50.1 Å². The lowest BCUT2D eigenvalue weighted by atomic mass is 10.1. The fraction of sp³-hybridized carbons (Fsp3) is 0.346. The molecule has 4 aromatic rings.